The standard InChI is InChI=1S/C22H26N2O4/c1-13(2)14-6-8-15(9-7-14)21-23-19(28-24-21)12-27-22(26)18-10-16-4-3-5-17(11-18)20(16)25/h6-9,13,16-18H,3-5,10-12H2,1-2H3/t16-,17+,18?. The molecule has 0 aliphatic heterocycles. The Kier molecular flexibility index (Phi) is 5.29. The number of nitrogens with zero attached hydrogens (tertiary/aromatic N) is 2. The van der Waals surface area contributed by atoms with Crippen LogP contribution < -0.4 is 0 Å². The summed E-state index contributed by atoms with van der Waals surface area (Å²) >= 11 is 0. The summed E-state index contributed by atoms with van der Waals surface area (Å²) < 4.78 is 10.7. The number of esters is 1. The van der Waals surface area contributed by atoms with E-state index in [2.05, 4.69) is 36.1 Å². The Morgan fingerprint density at radius 3 is 2.50 bits per heavy atom. The van der Waals surface area contributed by atoms with Crippen LogP contribution in [0.15, 0.2) is 28.8 Å². The molecule has 2 bridgehead atoms. The average molecular weight is 382 g/mol. The van der Waals surface area contributed by atoms with Crippen LogP contribution in [0, 0.1) is 17.8 Å². The van der Waals surface area contributed by atoms with E-state index in [-0.39, 0.29) is 36.2 Å². The number of aromatic nitrogens is 2. The average Bonchev–Trinajstić information content (AvgIpc) is 3.15. The quantitative estimate of drug-likeness (QED) is 0.717. The zero-order valence-electron chi connectivity index (χ0n) is 16.4. The van der Waals surface area contributed by atoms with Crippen molar-refractivity contribution in [2.75, 3.05) is 0 Å². The Bertz CT molecular complexity index is 840. The molecule has 1 aromatic carbocycles. The molecule has 0 spiro atoms. The van der Waals surface area contributed by atoms with E-state index < -0.39 is 0 Å². The Balaban J connectivity index is 1.34. The van der Waals surface area contributed by atoms with E-state index >= 15 is 0 Å². The van der Waals surface area contributed by atoms with E-state index in [4.69, 9.17) is 9.26 Å². The van der Waals surface area contributed by atoms with E-state index in [0.717, 1.165) is 24.8 Å². The van der Waals surface area contributed by atoms with Crippen LogP contribution in [0.4, 0.5) is 0 Å². The minimum atomic E-state index is -0.259. The van der Waals surface area contributed by atoms with E-state index in [0.29, 0.717) is 30.4 Å². The molecule has 0 amide bonds. The Morgan fingerprint density at radius 2 is 1.86 bits per heavy atom. The molecule has 4 rings (SSSR count). The van der Waals surface area contributed by atoms with Crippen molar-refractivity contribution in [2.24, 2.45) is 17.8 Å². The van der Waals surface area contributed by atoms with Crippen LogP contribution >= 0.6 is 0 Å². The van der Waals surface area contributed by atoms with Gasteiger partial charge in [0.2, 0.25) is 5.82 Å². The van der Waals surface area contributed by atoms with Gasteiger partial charge in [0.15, 0.2) is 6.61 Å². The van der Waals surface area contributed by atoms with Crippen LogP contribution in [0.5, 0.6) is 0 Å². The molecular weight excluding hydrogens is 356 g/mol. The van der Waals surface area contributed by atoms with Crippen molar-refractivity contribution < 1.29 is 18.8 Å². The van der Waals surface area contributed by atoms with Crippen molar-refractivity contribution in [1.29, 1.82) is 0 Å². The molecule has 28 heavy (non-hydrogen) atoms. The van der Waals surface area contributed by atoms with Gasteiger partial charge in [-0.25, -0.2) is 0 Å². The number of benzene rings is 1. The molecule has 2 aliphatic carbocycles. The predicted octanol–water partition coefficient (Wildman–Crippen LogP) is 4.30. The SMILES string of the molecule is CC(C)c1ccc(-c2noc(COC(=O)C3C[C@H]4CCC[C@@H](C3)C4=O)n2)cc1. The maximum absolute atomic E-state index is 12.5. The lowest BCUT2D eigenvalue weighted by Crippen LogP contribution is -2.39. The fourth-order valence-electron chi connectivity index (χ4n) is 4.37. The summed E-state index contributed by atoms with van der Waals surface area (Å²) in [6.45, 7) is 4.26. The van der Waals surface area contributed by atoms with Crippen molar-refractivity contribution in [2.45, 2.75) is 58.5 Å². The number of hydrogen-bond donors (Lipinski definition) is 0. The molecule has 1 heterocycles. The topological polar surface area (TPSA) is 82.3 Å². The van der Waals surface area contributed by atoms with Gasteiger partial charge in [0.05, 0.1) is 5.92 Å². The van der Waals surface area contributed by atoms with Crippen LogP contribution in [0.25, 0.3) is 11.4 Å². The molecule has 1 unspecified atom stereocenters. The number of ketones is 1. The van der Waals surface area contributed by atoms with Gasteiger partial charge in [0, 0.05) is 17.4 Å². The zero-order valence-corrected chi connectivity index (χ0v) is 16.4. The zero-order chi connectivity index (χ0) is 19.7. The third kappa shape index (κ3) is 3.86. The van der Waals surface area contributed by atoms with Gasteiger partial charge in [-0.2, -0.15) is 4.98 Å². The highest BCUT2D eigenvalue weighted by Gasteiger charge is 2.41. The maximum atomic E-state index is 12.5. The highest BCUT2D eigenvalue weighted by atomic mass is 16.6. The number of fused-ring (bicyclic) bond motifs is 2. The number of rotatable bonds is 5. The minimum absolute atomic E-state index is 0.0321. The molecule has 0 N–H and O–H groups in total. The van der Waals surface area contributed by atoms with E-state index in [1.165, 1.54) is 5.56 Å². The Hall–Kier alpha value is -2.50. The number of carbonyl (C=O) groups is 2. The molecule has 2 saturated carbocycles. The van der Waals surface area contributed by atoms with Crippen molar-refractivity contribution >= 4 is 11.8 Å². The van der Waals surface area contributed by atoms with Crippen LogP contribution in [0.1, 0.15) is 63.3 Å². The molecular formula is C22H26N2O4. The van der Waals surface area contributed by atoms with Gasteiger partial charge in [-0.1, -0.05) is 49.7 Å². The first kappa shape index (κ1) is 18.8. The smallest absolute Gasteiger partial charge is 0.309 e. The summed E-state index contributed by atoms with van der Waals surface area (Å²) in [4.78, 5) is 29.0. The molecule has 2 fully saturated rings. The lowest BCUT2D eigenvalue weighted by Gasteiger charge is -2.36. The lowest BCUT2D eigenvalue weighted by molar-refractivity contribution is -0.155. The van der Waals surface area contributed by atoms with E-state index in [9.17, 15) is 9.59 Å². The molecule has 2 aromatic rings. The first-order valence-electron chi connectivity index (χ1n) is 10.1. The molecule has 148 valence electrons. The minimum Gasteiger partial charge on any atom is -0.455 e. The van der Waals surface area contributed by atoms with E-state index in [1.54, 1.807) is 0 Å². The first-order chi connectivity index (χ1) is 13.5. The molecule has 0 radical (unpaired) electrons. The second-order valence-electron chi connectivity index (χ2n) is 8.29. The Labute approximate surface area is 164 Å². The van der Waals surface area contributed by atoms with Crippen LogP contribution in [0.3, 0.4) is 0 Å². The highest BCUT2D eigenvalue weighted by molar-refractivity contribution is 5.87. The summed E-state index contributed by atoms with van der Waals surface area (Å²) in [5.74, 6) is 1.19. The summed E-state index contributed by atoms with van der Waals surface area (Å²) in [7, 11) is 0. The first-order valence-corrected chi connectivity index (χ1v) is 10.1. The maximum Gasteiger partial charge on any atom is 0.309 e. The summed E-state index contributed by atoms with van der Waals surface area (Å²) in [5, 5.41) is 3.99. The van der Waals surface area contributed by atoms with Crippen LogP contribution in [-0.2, 0) is 20.9 Å². The molecule has 2 aliphatic rings. The van der Waals surface area contributed by atoms with Gasteiger partial charge < -0.3 is 9.26 Å². The van der Waals surface area contributed by atoms with Gasteiger partial charge in [-0.3, -0.25) is 9.59 Å². The summed E-state index contributed by atoms with van der Waals surface area (Å²) in [5.41, 5.74) is 2.11. The van der Waals surface area contributed by atoms with Crippen molar-refractivity contribution in [3.8, 4) is 11.4 Å². The monoisotopic (exact) mass is 382 g/mol. The van der Waals surface area contributed by atoms with Gasteiger partial charge in [0.25, 0.3) is 5.89 Å². The molecule has 6 nitrogen and oxygen atoms in total. The normalized spacial score (nSPS) is 24.4. The molecule has 1 aromatic heterocycles. The summed E-state index contributed by atoms with van der Waals surface area (Å²) in [6.07, 6.45) is 4.13. The second-order valence-corrected chi connectivity index (χ2v) is 8.29. The predicted molar refractivity (Wildman–Crippen MR) is 102 cm³/mol. The number of Topliss-reactive ketones (excluding diaryl/α,β-unsaturated/α-hetero) is 1. The third-order valence-corrected chi connectivity index (χ3v) is 6.02. The van der Waals surface area contributed by atoms with Crippen LogP contribution in [0.2, 0.25) is 0 Å². The number of ether oxygens (including phenoxy) is 1. The summed E-state index contributed by atoms with van der Waals surface area (Å²) in [6, 6.07) is 8.04. The van der Waals surface area contributed by atoms with Gasteiger partial charge >= 0.3 is 5.97 Å². The molecule has 0 saturated heterocycles. The van der Waals surface area contributed by atoms with Crippen molar-refractivity contribution in [3.63, 3.8) is 0 Å². The Morgan fingerprint density at radius 1 is 1.18 bits per heavy atom. The lowest BCUT2D eigenvalue weighted by atomic mass is 9.67. The molecule has 3 atom stereocenters. The fraction of sp³-hybridized carbons (Fsp3) is 0.545. The largest absolute Gasteiger partial charge is 0.455 e. The van der Waals surface area contributed by atoms with E-state index in [1.807, 2.05) is 12.1 Å². The third-order valence-electron chi connectivity index (χ3n) is 6.02. The van der Waals surface area contributed by atoms with Crippen LogP contribution in [-0.4, -0.2) is 21.9 Å². The number of carbonyl (C=O) groups excluding carboxylic acids is 2. The fourth-order valence-corrected chi connectivity index (χ4v) is 4.37. The highest BCUT2D eigenvalue weighted by Crippen LogP contribution is 2.40. The van der Waals surface area contributed by atoms with Gasteiger partial charge in [-0.05, 0) is 37.2 Å². The molecule has 6 heteroatoms. The number of hydrogen-bond acceptors (Lipinski definition) is 6. The van der Waals surface area contributed by atoms with Crippen molar-refractivity contribution in [1.82, 2.24) is 10.1 Å². The second kappa shape index (κ2) is 7.86. The van der Waals surface area contributed by atoms with Crippen molar-refractivity contribution in [3.05, 3.63) is 35.7 Å². The van der Waals surface area contributed by atoms with Gasteiger partial charge in [0.1, 0.15) is 5.78 Å². The van der Waals surface area contributed by atoms with Gasteiger partial charge in [-0.15, -0.1) is 0 Å².